The van der Waals surface area contributed by atoms with E-state index in [1.807, 2.05) is 41.6 Å². The number of rotatable bonds is 4. The van der Waals surface area contributed by atoms with Crippen molar-refractivity contribution in [3.05, 3.63) is 53.9 Å². The zero-order valence-electron chi connectivity index (χ0n) is 16.6. The molecule has 0 unspecified atom stereocenters. The molecule has 6 heteroatoms. The summed E-state index contributed by atoms with van der Waals surface area (Å²) in [6, 6.07) is 11.9. The zero-order chi connectivity index (χ0) is 19.7. The van der Waals surface area contributed by atoms with Crippen LogP contribution in [0, 0.1) is 0 Å². The van der Waals surface area contributed by atoms with Gasteiger partial charge in [-0.3, -0.25) is 0 Å². The average molecular weight is 378 g/mol. The molecule has 0 bridgehead atoms. The van der Waals surface area contributed by atoms with Crippen LogP contribution in [0.3, 0.4) is 0 Å². The third-order valence-electron chi connectivity index (χ3n) is 5.49. The summed E-state index contributed by atoms with van der Waals surface area (Å²) < 4.78 is 7.49. The Kier molecular flexibility index (Phi) is 4.94. The van der Waals surface area contributed by atoms with Gasteiger partial charge >= 0.3 is 6.03 Å². The van der Waals surface area contributed by atoms with Gasteiger partial charge in [0.1, 0.15) is 5.75 Å². The number of urea groups is 1. The molecule has 146 valence electrons. The Morgan fingerprint density at radius 2 is 2.14 bits per heavy atom. The van der Waals surface area contributed by atoms with Crippen LogP contribution in [0.4, 0.5) is 10.5 Å². The molecule has 6 nitrogen and oxygen atoms in total. The molecular weight excluding hydrogens is 352 g/mol. The Morgan fingerprint density at radius 3 is 2.93 bits per heavy atom. The molecule has 0 aliphatic carbocycles. The Bertz CT molecular complexity index is 1010. The van der Waals surface area contributed by atoms with Crippen LogP contribution in [0.25, 0.3) is 11.0 Å². The van der Waals surface area contributed by atoms with Crippen molar-refractivity contribution in [1.82, 2.24) is 14.5 Å². The van der Waals surface area contributed by atoms with Gasteiger partial charge in [0, 0.05) is 18.8 Å². The van der Waals surface area contributed by atoms with Crippen LogP contribution >= 0.6 is 0 Å². The summed E-state index contributed by atoms with van der Waals surface area (Å²) in [5.41, 5.74) is 5.18. The average Bonchev–Trinajstić information content (AvgIpc) is 3.10. The van der Waals surface area contributed by atoms with Gasteiger partial charge < -0.3 is 19.5 Å². The number of hydrogen-bond acceptors (Lipinski definition) is 3. The molecule has 28 heavy (non-hydrogen) atoms. The highest BCUT2D eigenvalue weighted by molar-refractivity contribution is 5.92. The maximum absolute atomic E-state index is 12.9. The van der Waals surface area contributed by atoms with Gasteiger partial charge in [0.15, 0.2) is 0 Å². The van der Waals surface area contributed by atoms with Gasteiger partial charge in [-0.15, -0.1) is 0 Å². The van der Waals surface area contributed by atoms with Gasteiger partial charge in [0.05, 0.1) is 30.5 Å². The van der Waals surface area contributed by atoms with E-state index in [2.05, 4.69) is 34.8 Å². The number of nitrogens with one attached hydrogen (secondary N) is 1. The number of aromatic nitrogens is 2. The van der Waals surface area contributed by atoms with Crippen molar-refractivity contribution in [2.45, 2.75) is 39.3 Å². The second kappa shape index (κ2) is 7.54. The van der Waals surface area contributed by atoms with E-state index in [4.69, 9.17) is 4.74 Å². The molecule has 1 aliphatic heterocycles. The molecule has 1 aromatic heterocycles. The van der Waals surface area contributed by atoms with Crippen molar-refractivity contribution in [1.29, 1.82) is 0 Å². The summed E-state index contributed by atoms with van der Waals surface area (Å²) in [5, 5.41) is 3.04. The highest BCUT2D eigenvalue weighted by Gasteiger charge is 2.28. The molecule has 2 heterocycles. The van der Waals surface area contributed by atoms with E-state index >= 15 is 0 Å². The van der Waals surface area contributed by atoms with E-state index < -0.39 is 0 Å². The third-order valence-corrected chi connectivity index (χ3v) is 5.49. The number of fused-ring (bicyclic) bond motifs is 2. The lowest BCUT2D eigenvalue weighted by Gasteiger charge is -2.35. The van der Waals surface area contributed by atoms with E-state index in [9.17, 15) is 4.79 Å². The first kappa shape index (κ1) is 18.3. The standard InChI is InChI=1S/C22H26N4O2/c1-4-10-25-14-23-20-12-17(6-8-21(20)25)24-22(27)26-11-9-16-5-7-18(28-3)13-19(16)15(26)2/h5-8,12-15H,4,9-11H2,1-3H3,(H,24,27)/t15-/m1/s1. The van der Waals surface area contributed by atoms with Crippen LogP contribution in [-0.2, 0) is 13.0 Å². The van der Waals surface area contributed by atoms with Crippen molar-refractivity contribution in [3.8, 4) is 5.75 Å². The molecule has 2 aromatic carbocycles. The van der Waals surface area contributed by atoms with Gasteiger partial charge in [-0.05, 0) is 61.2 Å². The molecule has 4 rings (SSSR count). The molecule has 1 N–H and O–H groups in total. The van der Waals surface area contributed by atoms with E-state index in [0.29, 0.717) is 6.54 Å². The Morgan fingerprint density at radius 1 is 1.29 bits per heavy atom. The third kappa shape index (κ3) is 3.30. The predicted octanol–water partition coefficient (Wildman–Crippen LogP) is 4.61. The van der Waals surface area contributed by atoms with Gasteiger partial charge in [-0.1, -0.05) is 13.0 Å². The SMILES string of the molecule is CCCn1cnc2cc(NC(=O)N3CCc4ccc(OC)cc4[C@H]3C)ccc21. The second-order valence-electron chi connectivity index (χ2n) is 7.26. The van der Waals surface area contributed by atoms with Crippen LogP contribution in [0.15, 0.2) is 42.7 Å². The minimum Gasteiger partial charge on any atom is -0.497 e. The lowest BCUT2D eigenvalue weighted by Crippen LogP contribution is -2.41. The number of imidazole rings is 1. The summed E-state index contributed by atoms with van der Waals surface area (Å²) in [5.74, 6) is 0.820. The number of carbonyl (C=O) groups excluding carboxylic acids is 1. The fraction of sp³-hybridized carbons (Fsp3) is 0.364. The molecule has 0 saturated heterocycles. The molecule has 0 saturated carbocycles. The number of carbonyl (C=O) groups is 1. The Balaban J connectivity index is 1.52. The van der Waals surface area contributed by atoms with Gasteiger partial charge in [-0.2, -0.15) is 0 Å². The van der Waals surface area contributed by atoms with Gasteiger partial charge in [0.25, 0.3) is 0 Å². The van der Waals surface area contributed by atoms with Crippen LogP contribution in [-0.4, -0.2) is 34.1 Å². The van der Waals surface area contributed by atoms with Crippen molar-refractivity contribution < 1.29 is 9.53 Å². The molecule has 0 fully saturated rings. The summed E-state index contributed by atoms with van der Waals surface area (Å²) >= 11 is 0. The maximum atomic E-state index is 12.9. The number of methoxy groups -OCH3 is 1. The number of amides is 2. The summed E-state index contributed by atoms with van der Waals surface area (Å²) in [6.07, 6.45) is 3.76. The van der Waals surface area contributed by atoms with Crippen molar-refractivity contribution in [2.24, 2.45) is 0 Å². The molecule has 0 spiro atoms. The van der Waals surface area contributed by atoms with E-state index in [-0.39, 0.29) is 12.1 Å². The number of ether oxygens (including phenoxy) is 1. The molecule has 2 amide bonds. The maximum Gasteiger partial charge on any atom is 0.322 e. The van der Waals surface area contributed by atoms with Crippen LogP contribution in [0.2, 0.25) is 0 Å². The number of anilines is 1. The number of nitrogens with zero attached hydrogens (tertiary/aromatic N) is 3. The molecule has 1 aliphatic rings. The fourth-order valence-corrected chi connectivity index (χ4v) is 3.95. The predicted molar refractivity (Wildman–Crippen MR) is 111 cm³/mol. The lowest BCUT2D eigenvalue weighted by atomic mass is 9.93. The number of aryl methyl sites for hydroxylation is 1. The summed E-state index contributed by atoms with van der Waals surface area (Å²) in [6.45, 7) is 5.84. The van der Waals surface area contributed by atoms with E-state index in [1.54, 1.807) is 7.11 Å². The molecule has 0 radical (unpaired) electrons. The van der Waals surface area contributed by atoms with Crippen LogP contribution < -0.4 is 10.1 Å². The van der Waals surface area contributed by atoms with Crippen LogP contribution in [0.5, 0.6) is 5.75 Å². The highest BCUT2D eigenvalue weighted by atomic mass is 16.5. The van der Waals surface area contributed by atoms with Gasteiger partial charge in [0.2, 0.25) is 0 Å². The number of hydrogen-bond donors (Lipinski definition) is 1. The monoisotopic (exact) mass is 378 g/mol. The topological polar surface area (TPSA) is 59.4 Å². The molecule has 1 atom stereocenters. The quantitative estimate of drug-likeness (QED) is 0.721. The van der Waals surface area contributed by atoms with Crippen molar-refractivity contribution >= 4 is 22.8 Å². The van der Waals surface area contributed by atoms with E-state index in [1.165, 1.54) is 5.56 Å². The fourth-order valence-electron chi connectivity index (χ4n) is 3.95. The molecule has 3 aromatic rings. The summed E-state index contributed by atoms with van der Waals surface area (Å²) in [7, 11) is 1.66. The summed E-state index contributed by atoms with van der Waals surface area (Å²) in [4.78, 5) is 19.3. The number of benzene rings is 2. The largest absolute Gasteiger partial charge is 0.497 e. The van der Waals surface area contributed by atoms with Crippen LogP contribution in [0.1, 0.15) is 37.4 Å². The molecular formula is C22H26N4O2. The van der Waals surface area contributed by atoms with Crippen molar-refractivity contribution in [3.63, 3.8) is 0 Å². The van der Waals surface area contributed by atoms with Crippen molar-refractivity contribution in [2.75, 3.05) is 19.0 Å². The first-order valence-electron chi connectivity index (χ1n) is 9.80. The smallest absolute Gasteiger partial charge is 0.322 e. The minimum atomic E-state index is -0.0895. The Labute approximate surface area is 165 Å². The minimum absolute atomic E-state index is 0.00801. The highest BCUT2D eigenvalue weighted by Crippen LogP contribution is 2.32. The lowest BCUT2D eigenvalue weighted by molar-refractivity contribution is 0.188. The zero-order valence-corrected chi connectivity index (χ0v) is 16.6. The first-order chi connectivity index (χ1) is 13.6. The first-order valence-corrected chi connectivity index (χ1v) is 9.80. The normalized spacial score (nSPS) is 16.1. The Hall–Kier alpha value is -3.02. The second-order valence-corrected chi connectivity index (χ2v) is 7.26. The van der Waals surface area contributed by atoms with E-state index in [0.717, 1.165) is 47.4 Å². The van der Waals surface area contributed by atoms with Gasteiger partial charge in [-0.25, -0.2) is 9.78 Å².